The molecule has 0 bridgehead atoms. The molecule has 0 fully saturated rings. The van der Waals surface area contributed by atoms with Crippen molar-refractivity contribution < 1.29 is 50.7 Å². The van der Waals surface area contributed by atoms with E-state index in [-0.39, 0.29) is 50.7 Å². The van der Waals surface area contributed by atoms with Crippen molar-refractivity contribution >= 4 is 10.8 Å². The minimum atomic E-state index is 0. The van der Waals surface area contributed by atoms with Crippen LogP contribution in [0.2, 0.25) is 0 Å². The van der Waals surface area contributed by atoms with Crippen LogP contribution in [-0.2, 0) is 25.8 Å². The van der Waals surface area contributed by atoms with E-state index in [1.807, 2.05) is 6.07 Å². The average molecular weight is 517 g/mol. The van der Waals surface area contributed by atoms with Crippen molar-refractivity contribution in [1.82, 2.24) is 0 Å². The van der Waals surface area contributed by atoms with Crippen LogP contribution in [0.25, 0.3) is 33.0 Å². The Bertz CT molecular complexity index is 848. The van der Waals surface area contributed by atoms with Gasteiger partial charge in [0.1, 0.15) is 0 Å². The van der Waals surface area contributed by atoms with Gasteiger partial charge in [0.05, 0.1) is 0 Å². The number of halogens is 2. The van der Waals surface area contributed by atoms with E-state index in [0.717, 1.165) is 0 Å². The van der Waals surface area contributed by atoms with E-state index in [1.54, 1.807) is 0 Å². The Balaban J connectivity index is 0.000000960. The number of benzene rings is 3. The molecule has 120 valence electrons. The summed E-state index contributed by atoms with van der Waals surface area (Å²) in [6.45, 7) is 0. The predicted octanol–water partition coefficient (Wildman–Crippen LogP) is -0.102. The third kappa shape index (κ3) is 4.22. The summed E-state index contributed by atoms with van der Waals surface area (Å²) in [4.78, 5) is 0. The van der Waals surface area contributed by atoms with Crippen LogP contribution in [0.3, 0.4) is 0 Å². The molecule has 4 rings (SSSR count). The first-order chi connectivity index (χ1) is 10.4. The summed E-state index contributed by atoms with van der Waals surface area (Å²) < 4.78 is 0. The van der Waals surface area contributed by atoms with E-state index in [0.29, 0.717) is 0 Å². The predicted molar refractivity (Wildman–Crippen MR) is 90.4 cm³/mol. The Morgan fingerprint density at radius 3 is 1.75 bits per heavy atom. The van der Waals surface area contributed by atoms with E-state index in [4.69, 9.17) is 0 Å². The monoisotopic (exact) mass is 517 g/mol. The number of hydrogen-bond acceptors (Lipinski definition) is 0. The van der Waals surface area contributed by atoms with Crippen LogP contribution >= 0.6 is 0 Å². The first-order valence-electron chi connectivity index (χ1n) is 7.21. The molecule has 0 radical (unpaired) electrons. The molecule has 0 saturated carbocycles. The third-order valence-electron chi connectivity index (χ3n) is 3.94. The fourth-order valence-corrected chi connectivity index (χ4v) is 2.80. The molecular weight excluding hydrogens is 502 g/mol. The Hall–Kier alpha value is -1.28. The second kappa shape index (κ2) is 9.27. The minimum absolute atomic E-state index is 0. The quantitative estimate of drug-likeness (QED) is 0.258. The standard InChI is InChI=1S/C21H15.2ClH.Hf/c1-2-6-16(7-3-1)17-10-12-18(13-11-17)21-14-19-8-4-5-9-20(19)15-21;;;/h1-15H;2*1H;/q-1;;;/p-2. The van der Waals surface area contributed by atoms with Crippen molar-refractivity contribution in [3.05, 3.63) is 91.0 Å². The van der Waals surface area contributed by atoms with E-state index < -0.39 is 0 Å². The first-order valence-corrected chi connectivity index (χ1v) is 7.21. The summed E-state index contributed by atoms with van der Waals surface area (Å²) in [5, 5.41) is 2.61. The zero-order valence-electron chi connectivity index (χ0n) is 12.9. The van der Waals surface area contributed by atoms with Gasteiger partial charge in [0.25, 0.3) is 0 Å². The number of fused-ring (bicyclic) bond motifs is 1. The molecule has 0 atom stereocenters. The van der Waals surface area contributed by atoms with Gasteiger partial charge >= 0.3 is 0 Å². The van der Waals surface area contributed by atoms with Gasteiger partial charge < -0.3 is 24.8 Å². The van der Waals surface area contributed by atoms with Crippen molar-refractivity contribution in [1.29, 1.82) is 0 Å². The van der Waals surface area contributed by atoms with Gasteiger partial charge in [0.15, 0.2) is 0 Å². The SMILES string of the molecule is [Cl-].[Cl-].[Hf].c1ccc(-c2ccc(-c3cc4ccccc4[cH-]3)cc2)cc1. The summed E-state index contributed by atoms with van der Waals surface area (Å²) in [6, 6.07) is 32.3. The van der Waals surface area contributed by atoms with E-state index >= 15 is 0 Å². The number of rotatable bonds is 2. The molecule has 0 spiro atoms. The van der Waals surface area contributed by atoms with E-state index in [2.05, 4.69) is 84.9 Å². The van der Waals surface area contributed by atoms with Crippen LogP contribution in [0.4, 0.5) is 0 Å². The molecule has 0 nitrogen and oxygen atoms in total. The molecule has 24 heavy (non-hydrogen) atoms. The maximum absolute atomic E-state index is 2.26. The van der Waals surface area contributed by atoms with Gasteiger partial charge in [-0.05, 0) is 11.1 Å². The molecule has 0 N–H and O–H groups in total. The van der Waals surface area contributed by atoms with Crippen molar-refractivity contribution in [2.24, 2.45) is 0 Å². The molecule has 0 aliphatic heterocycles. The second-order valence-corrected chi connectivity index (χ2v) is 5.32. The van der Waals surface area contributed by atoms with Crippen molar-refractivity contribution in [3.63, 3.8) is 0 Å². The molecule has 0 aliphatic carbocycles. The maximum atomic E-state index is 2.26. The van der Waals surface area contributed by atoms with Crippen LogP contribution in [-0.4, -0.2) is 0 Å². The van der Waals surface area contributed by atoms with Gasteiger partial charge in [-0.15, -0.1) is 34.5 Å². The molecule has 0 amide bonds. The molecule has 0 aromatic heterocycles. The Labute approximate surface area is 173 Å². The normalized spacial score (nSPS) is 9.50. The fourth-order valence-electron chi connectivity index (χ4n) is 2.80. The van der Waals surface area contributed by atoms with E-state index in [9.17, 15) is 0 Å². The third-order valence-corrected chi connectivity index (χ3v) is 3.94. The van der Waals surface area contributed by atoms with E-state index in [1.165, 1.54) is 33.0 Å². The minimum Gasteiger partial charge on any atom is -1.00 e. The van der Waals surface area contributed by atoms with Crippen molar-refractivity contribution in [2.45, 2.75) is 0 Å². The first kappa shape index (κ1) is 20.8. The molecule has 3 heteroatoms. The maximum Gasteiger partial charge on any atom is 0 e. The molecule has 0 unspecified atom stereocenters. The summed E-state index contributed by atoms with van der Waals surface area (Å²) in [6.07, 6.45) is 0. The van der Waals surface area contributed by atoms with Gasteiger partial charge in [-0.1, -0.05) is 78.4 Å². The summed E-state index contributed by atoms with van der Waals surface area (Å²) in [7, 11) is 0. The number of hydrogen-bond donors (Lipinski definition) is 0. The van der Waals surface area contributed by atoms with Gasteiger partial charge in [0.2, 0.25) is 0 Å². The molecule has 0 aliphatic rings. The van der Waals surface area contributed by atoms with Gasteiger partial charge in [-0.2, -0.15) is 0 Å². The summed E-state index contributed by atoms with van der Waals surface area (Å²) in [5.74, 6) is 0. The van der Waals surface area contributed by atoms with Crippen LogP contribution in [0.1, 0.15) is 0 Å². The van der Waals surface area contributed by atoms with Crippen molar-refractivity contribution in [2.75, 3.05) is 0 Å². The Kier molecular flexibility index (Phi) is 8.02. The summed E-state index contributed by atoms with van der Waals surface area (Å²) >= 11 is 0. The van der Waals surface area contributed by atoms with Crippen LogP contribution in [0.15, 0.2) is 91.0 Å². The smallest absolute Gasteiger partial charge is 0 e. The van der Waals surface area contributed by atoms with Crippen LogP contribution < -0.4 is 24.8 Å². The molecular formula is C21H15Cl2Hf-3. The topological polar surface area (TPSA) is 0 Å². The van der Waals surface area contributed by atoms with Crippen LogP contribution in [0, 0.1) is 0 Å². The second-order valence-electron chi connectivity index (χ2n) is 5.32. The Morgan fingerprint density at radius 1 is 0.542 bits per heavy atom. The van der Waals surface area contributed by atoms with Gasteiger partial charge in [0, 0.05) is 25.8 Å². The largest absolute Gasteiger partial charge is 1.00 e. The Morgan fingerprint density at radius 2 is 1.08 bits per heavy atom. The zero-order valence-corrected chi connectivity index (χ0v) is 18.0. The fraction of sp³-hybridized carbons (Fsp3) is 0. The molecule has 4 aromatic rings. The van der Waals surface area contributed by atoms with Gasteiger partial charge in [-0.3, -0.25) is 0 Å². The molecule has 0 saturated heterocycles. The summed E-state index contributed by atoms with van der Waals surface area (Å²) in [5.41, 5.74) is 5.08. The van der Waals surface area contributed by atoms with Crippen molar-refractivity contribution in [3.8, 4) is 22.3 Å². The zero-order chi connectivity index (χ0) is 14.1. The van der Waals surface area contributed by atoms with Crippen LogP contribution in [0.5, 0.6) is 0 Å². The molecule has 4 aromatic carbocycles. The average Bonchev–Trinajstić information content (AvgIpc) is 3.00. The molecule has 0 heterocycles. The van der Waals surface area contributed by atoms with Gasteiger partial charge in [-0.25, -0.2) is 0 Å².